The molecule has 2 nitrogen and oxygen atoms in total. The van der Waals surface area contributed by atoms with Crippen molar-refractivity contribution < 1.29 is 17.9 Å². The lowest BCUT2D eigenvalue weighted by Crippen LogP contribution is -2.10. The molecule has 0 saturated heterocycles. The molecule has 0 aliphatic heterocycles. The summed E-state index contributed by atoms with van der Waals surface area (Å²) in [6.07, 6.45) is -5.07. The fourth-order valence-corrected chi connectivity index (χ4v) is 2.62. The van der Waals surface area contributed by atoms with Crippen molar-refractivity contribution in [2.24, 2.45) is 0 Å². The van der Waals surface area contributed by atoms with Crippen LogP contribution in [0.25, 0.3) is 0 Å². The molecule has 0 aromatic heterocycles. The molecule has 0 aliphatic carbocycles. The first-order valence-electron chi connectivity index (χ1n) is 4.73. The lowest BCUT2D eigenvalue weighted by Gasteiger charge is -2.11. The summed E-state index contributed by atoms with van der Waals surface area (Å²) in [4.78, 5) is 0. The fourth-order valence-electron chi connectivity index (χ4n) is 1.16. The van der Waals surface area contributed by atoms with Crippen LogP contribution in [0.15, 0.2) is 21.1 Å². The number of ether oxygens (including phenoxy) is 1. The summed E-state index contributed by atoms with van der Waals surface area (Å²) < 4.78 is 42.2. The molecule has 2 N–H and O–H groups in total. The average molecular weight is 377 g/mol. The van der Waals surface area contributed by atoms with Crippen LogP contribution in [0.4, 0.5) is 18.9 Å². The first-order chi connectivity index (χ1) is 7.79. The van der Waals surface area contributed by atoms with Crippen LogP contribution in [-0.4, -0.2) is 12.8 Å². The molecular formula is C10H10Br2F3NO. The van der Waals surface area contributed by atoms with E-state index in [0.29, 0.717) is 20.4 Å². The smallest absolute Gasteiger partial charge is 0.389 e. The first kappa shape index (κ1) is 14.6. The van der Waals surface area contributed by atoms with Crippen molar-refractivity contribution in [1.82, 2.24) is 0 Å². The summed E-state index contributed by atoms with van der Waals surface area (Å²) in [5.74, 6) is 0.460. The molecule has 0 bridgehead atoms. The molecule has 1 rings (SSSR count). The summed E-state index contributed by atoms with van der Waals surface area (Å²) in [6, 6.07) is 3.26. The highest BCUT2D eigenvalue weighted by Gasteiger charge is 2.26. The van der Waals surface area contributed by atoms with Gasteiger partial charge in [0, 0.05) is 12.1 Å². The Morgan fingerprint density at radius 2 is 1.71 bits per heavy atom. The highest BCUT2D eigenvalue weighted by atomic mass is 79.9. The van der Waals surface area contributed by atoms with Crippen LogP contribution in [0, 0.1) is 0 Å². The Morgan fingerprint density at radius 1 is 1.18 bits per heavy atom. The van der Waals surface area contributed by atoms with E-state index in [1.54, 1.807) is 12.1 Å². The molecular weight excluding hydrogens is 367 g/mol. The third-order valence-electron chi connectivity index (χ3n) is 1.87. The van der Waals surface area contributed by atoms with Crippen molar-refractivity contribution in [1.29, 1.82) is 0 Å². The van der Waals surface area contributed by atoms with Gasteiger partial charge in [0.15, 0.2) is 0 Å². The average Bonchev–Trinajstić information content (AvgIpc) is 2.13. The zero-order valence-corrected chi connectivity index (χ0v) is 11.8. The molecule has 1 aromatic carbocycles. The highest BCUT2D eigenvalue weighted by Crippen LogP contribution is 2.35. The molecule has 1 aromatic rings. The maximum Gasteiger partial charge on any atom is 0.389 e. The van der Waals surface area contributed by atoms with E-state index in [2.05, 4.69) is 31.9 Å². The van der Waals surface area contributed by atoms with E-state index >= 15 is 0 Å². The van der Waals surface area contributed by atoms with Gasteiger partial charge in [-0.1, -0.05) is 0 Å². The SMILES string of the molecule is Nc1cc(Br)c(OCCCC(F)(F)F)c(Br)c1. The molecule has 0 spiro atoms. The largest absolute Gasteiger partial charge is 0.491 e. The number of nitrogens with two attached hydrogens (primary N) is 1. The number of benzene rings is 1. The lowest BCUT2D eigenvalue weighted by molar-refractivity contribution is -0.136. The lowest BCUT2D eigenvalue weighted by atomic mass is 10.3. The summed E-state index contributed by atoms with van der Waals surface area (Å²) in [5.41, 5.74) is 6.11. The predicted molar refractivity (Wildman–Crippen MR) is 67.0 cm³/mol. The van der Waals surface area contributed by atoms with Crippen molar-refractivity contribution in [2.45, 2.75) is 19.0 Å². The molecule has 7 heteroatoms. The van der Waals surface area contributed by atoms with Crippen LogP contribution < -0.4 is 10.5 Å². The summed E-state index contributed by atoms with van der Waals surface area (Å²) >= 11 is 6.46. The summed E-state index contributed by atoms with van der Waals surface area (Å²) in [7, 11) is 0. The summed E-state index contributed by atoms with van der Waals surface area (Å²) in [6.45, 7) is 0.000623. The fraction of sp³-hybridized carbons (Fsp3) is 0.400. The van der Waals surface area contributed by atoms with Crippen LogP contribution >= 0.6 is 31.9 Å². The molecule has 0 heterocycles. The Bertz CT molecular complexity index is 373. The van der Waals surface area contributed by atoms with Gasteiger partial charge in [0.25, 0.3) is 0 Å². The summed E-state index contributed by atoms with van der Waals surface area (Å²) in [5, 5.41) is 0. The number of hydrogen-bond donors (Lipinski definition) is 1. The van der Waals surface area contributed by atoms with Crippen molar-refractivity contribution in [3.05, 3.63) is 21.1 Å². The van der Waals surface area contributed by atoms with Gasteiger partial charge in [-0.3, -0.25) is 0 Å². The minimum atomic E-state index is -4.14. The number of halogens is 5. The van der Waals surface area contributed by atoms with Crippen molar-refractivity contribution in [3.63, 3.8) is 0 Å². The number of nitrogen functional groups attached to an aromatic ring is 1. The maximum atomic E-state index is 11.9. The predicted octanol–water partition coefficient (Wildman–Crippen LogP) is 4.52. The Kier molecular flexibility index (Phi) is 5.12. The van der Waals surface area contributed by atoms with Gasteiger partial charge < -0.3 is 10.5 Å². The number of anilines is 1. The van der Waals surface area contributed by atoms with E-state index < -0.39 is 12.6 Å². The topological polar surface area (TPSA) is 35.2 Å². The van der Waals surface area contributed by atoms with Crippen molar-refractivity contribution in [2.75, 3.05) is 12.3 Å². The molecule has 0 saturated carbocycles. The normalized spacial score (nSPS) is 11.6. The molecule has 0 radical (unpaired) electrons. The molecule has 0 unspecified atom stereocenters. The Morgan fingerprint density at radius 3 is 2.18 bits per heavy atom. The van der Waals surface area contributed by atoms with E-state index in [9.17, 15) is 13.2 Å². The Balaban J connectivity index is 2.53. The van der Waals surface area contributed by atoms with Crippen LogP contribution in [0.5, 0.6) is 5.75 Å². The molecule has 17 heavy (non-hydrogen) atoms. The maximum absolute atomic E-state index is 11.9. The molecule has 0 atom stereocenters. The molecule has 0 aliphatic rings. The van der Waals surface area contributed by atoms with E-state index in [1.807, 2.05) is 0 Å². The molecule has 0 fully saturated rings. The van der Waals surface area contributed by atoms with Gasteiger partial charge in [-0.25, -0.2) is 0 Å². The van der Waals surface area contributed by atoms with Crippen molar-refractivity contribution >= 4 is 37.5 Å². The first-order valence-corrected chi connectivity index (χ1v) is 6.32. The highest BCUT2D eigenvalue weighted by molar-refractivity contribution is 9.11. The third-order valence-corrected chi connectivity index (χ3v) is 3.05. The van der Waals surface area contributed by atoms with Gasteiger partial charge in [-0.2, -0.15) is 13.2 Å². The minimum Gasteiger partial charge on any atom is -0.491 e. The van der Waals surface area contributed by atoms with Crippen LogP contribution in [0.1, 0.15) is 12.8 Å². The van der Waals surface area contributed by atoms with Crippen LogP contribution in [0.3, 0.4) is 0 Å². The van der Waals surface area contributed by atoms with Gasteiger partial charge in [-0.05, 0) is 50.4 Å². The van der Waals surface area contributed by atoms with E-state index in [1.165, 1.54) is 0 Å². The second-order valence-corrected chi connectivity index (χ2v) is 5.09. The minimum absolute atomic E-state index is 0.000623. The Labute approximate surface area is 114 Å². The Hall–Kier alpha value is -0.430. The zero-order chi connectivity index (χ0) is 13.1. The zero-order valence-electron chi connectivity index (χ0n) is 8.65. The van der Waals surface area contributed by atoms with Crippen molar-refractivity contribution in [3.8, 4) is 5.75 Å². The van der Waals surface area contributed by atoms with E-state index in [-0.39, 0.29) is 13.0 Å². The second-order valence-electron chi connectivity index (χ2n) is 3.38. The third kappa shape index (κ3) is 5.16. The van der Waals surface area contributed by atoms with Crippen LogP contribution in [-0.2, 0) is 0 Å². The van der Waals surface area contributed by atoms with E-state index in [0.717, 1.165) is 0 Å². The molecule has 96 valence electrons. The number of rotatable bonds is 4. The van der Waals surface area contributed by atoms with Gasteiger partial charge in [0.2, 0.25) is 0 Å². The quantitative estimate of drug-likeness (QED) is 0.619. The van der Waals surface area contributed by atoms with Gasteiger partial charge >= 0.3 is 6.18 Å². The number of alkyl halides is 3. The molecule has 0 amide bonds. The number of hydrogen-bond acceptors (Lipinski definition) is 2. The van der Waals surface area contributed by atoms with Gasteiger partial charge in [0.05, 0.1) is 15.6 Å². The van der Waals surface area contributed by atoms with E-state index in [4.69, 9.17) is 10.5 Å². The standard InChI is InChI=1S/C10H10Br2F3NO/c11-7-4-6(16)5-8(12)9(7)17-3-1-2-10(13,14)15/h4-5H,1-3,16H2. The monoisotopic (exact) mass is 375 g/mol. The van der Waals surface area contributed by atoms with Crippen LogP contribution in [0.2, 0.25) is 0 Å². The van der Waals surface area contributed by atoms with Gasteiger partial charge in [0.1, 0.15) is 5.75 Å². The van der Waals surface area contributed by atoms with Gasteiger partial charge in [-0.15, -0.1) is 0 Å². The second kappa shape index (κ2) is 5.95.